The zero-order chi connectivity index (χ0) is 21.8. The highest BCUT2D eigenvalue weighted by atomic mass is 15.1. The van der Waals surface area contributed by atoms with Gasteiger partial charge in [0.1, 0.15) is 0 Å². The van der Waals surface area contributed by atoms with Crippen LogP contribution < -0.4 is 9.80 Å². The van der Waals surface area contributed by atoms with Crippen LogP contribution in [0.3, 0.4) is 0 Å². The molecule has 31 heavy (non-hydrogen) atoms. The van der Waals surface area contributed by atoms with Gasteiger partial charge in [0.25, 0.3) is 0 Å². The van der Waals surface area contributed by atoms with Gasteiger partial charge in [-0.15, -0.1) is 0 Å². The van der Waals surface area contributed by atoms with E-state index in [4.69, 9.17) is 0 Å². The zero-order valence-corrected chi connectivity index (χ0v) is 18.8. The van der Waals surface area contributed by atoms with Crippen molar-refractivity contribution in [2.45, 2.75) is 5.41 Å². The van der Waals surface area contributed by atoms with Crippen LogP contribution in [0.2, 0.25) is 0 Å². The number of hydrogen-bond acceptors (Lipinski definition) is 2. The number of rotatable bonds is 6. The molecule has 0 aliphatic carbocycles. The topological polar surface area (TPSA) is 6.48 Å². The van der Waals surface area contributed by atoms with Crippen molar-refractivity contribution in [2.75, 3.05) is 38.0 Å². The fourth-order valence-corrected chi connectivity index (χ4v) is 4.40. The molecule has 0 spiro atoms. The van der Waals surface area contributed by atoms with E-state index in [0.29, 0.717) is 0 Å². The molecule has 0 N–H and O–H groups in total. The van der Waals surface area contributed by atoms with Gasteiger partial charge in [-0.25, -0.2) is 0 Å². The first kappa shape index (κ1) is 20.7. The smallest absolute Gasteiger partial charge is 0.0701 e. The van der Waals surface area contributed by atoms with Gasteiger partial charge in [-0.1, -0.05) is 84.9 Å². The lowest BCUT2D eigenvalue weighted by Crippen LogP contribution is -2.31. The monoisotopic (exact) mass is 406 g/mol. The fourth-order valence-electron chi connectivity index (χ4n) is 4.40. The lowest BCUT2D eigenvalue weighted by molar-refractivity contribution is 0.745. The summed E-state index contributed by atoms with van der Waals surface area (Å²) in [4.78, 5) is 4.28. The third-order valence-electron chi connectivity index (χ3n) is 6.05. The average molecular weight is 407 g/mol. The molecule has 0 bridgehead atoms. The molecule has 0 aromatic heterocycles. The second kappa shape index (κ2) is 8.69. The van der Waals surface area contributed by atoms with E-state index in [-0.39, 0.29) is 0 Å². The van der Waals surface area contributed by atoms with Crippen LogP contribution in [-0.4, -0.2) is 28.2 Å². The first-order valence-corrected chi connectivity index (χ1v) is 10.7. The average Bonchev–Trinajstić information content (AvgIpc) is 2.82. The van der Waals surface area contributed by atoms with Crippen LogP contribution in [0.1, 0.15) is 22.3 Å². The van der Waals surface area contributed by atoms with E-state index < -0.39 is 5.41 Å². The van der Waals surface area contributed by atoms with E-state index in [1.807, 2.05) is 0 Å². The Bertz CT molecular complexity index is 1000. The van der Waals surface area contributed by atoms with Crippen LogP contribution in [0.25, 0.3) is 0 Å². The number of anilines is 2. The first-order valence-electron chi connectivity index (χ1n) is 10.7. The molecule has 4 rings (SSSR count). The van der Waals surface area contributed by atoms with Crippen LogP contribution in [0.15, 0.2) is 109 Å². The predicted molar refractivity (Wildman–Crippen MR) is 133 cm³/mol. The molecule has 2 heteroatoms. The van der Waals surface area contributed by atoms with Crippen molar-refractivity contribution in [1.82, 2.24) is 0 Å². The molecule has 4 aromatic rings. The molecule has 0 atom stereocenters. The highest BCUT2D eigenvalue weighted by Crippen LogP contribution is 2.45. The van der Waals surface area contributed by atoms with Crippen molar-refractivity contribution in [1.29, 1.82) is 0 Å². The minimum Gasteiger partial charge on any atom is -0.378 e. The fraction of sp³-hybridized carbons (Fsp3) is 0.172. The summed E-state index contributed by atoms with van der Waals surface area (Å²) in [6.07, 6.45) is 0. The van der Waals surface area contributed by atoms with Crippen molar-refractivity contribution in [3.05, 3.63) is 131 Å². The Morgan fingerprint density at radius 3 is 0.968 bits per heavy atom. The maximum absolute atomic E-state index is 2.27. The van der Waals surface area contributed by atoms with E-state index in [1.165, 1.54) is 33.6 Å². The molecule has 2 nitrogen and oxygen atoms in total. The van der Waals surface area contributed by atoms with Gasteiger partial charge < -0.3 is 9.80 Å². The van der Waals surface area contributed by atoms with Gasteiger partial charge in [-0.3, -0.25) is 0 Å². The Hall–Kier alpha value is -3.52. The minimum absolute atomic E-state index is 0.405. The quantitative estimate of drug-likeness (QED) is 0.352. The van der Waals surface area contributed by atoms with Gasteiger partial charge in [0.2, 0.25) is 0 Å². The van der Waals surface area contributed by atoms with E-state index in [2.05, 4.69) is 147 Å². The largest absolute Gasteiger partial charge is 0.378 e. The van der Waals surface area contributed by atoms with Gasteiger partial charge in [-0.2, -0.15) is 0 Å². The Labute approximate surface area is 186 Å². The standard InChI is InChI=1S/C29H30N2/c1-30(2)27-19-15-25(16-20-27)29(23-11-7-5-8-12-23,24-13-9-6-10-14-24)26-17-21-28(22-18-26)31(3)4/h5-22H,1-4H3. The third kappa shape index (κ3) is 3.82. The lowest BCUT2D eigenvalue weighted by atomic mass is 9.65. The summed E-state index contributed by atoms with van der Waals surface area (Å²) >= 11 is 0. The second-order valence-corrected chi connectivity index (χ2v) is 8.36. The Kier molecular flexibility index (Phi) is 5.81. The molecule has 0 radical (unpaired) electrons. The van der Waals surface area contributed by atoms with Crippen LogP contribution in [-0.2, 0) is 5.41 Å². The van der Waals surface area contributed by atoms with Gasteiger partial charge in [0.05, 0.1) is 5.41 Å². The number of nitrogens with zero attached hydrogens (tertiary/aromatic N) is 2. The Morgan fingerprint density at radius 2 is 0.677 bits per heavy atom. The highest BCUT2D eigenvalue weighted by molar-refractivity contribution is 5.63. The number of hydrogen-bond donors (Lipinski definition) is 0. The molecular formula is C29H30N2. The molecule has 0 aliphatic heterocycles. The number of benzene rings is 4. The molecular weight excluding hydrogens is 376 g/mol. The maximum atomic E-state index is 2.27. The zero-order valence-electron chi connectivity index (χ0n) is 18.8. The summed E-state index contributed by atoms with van der Waals surface area (Å²) in [5.74, 6) is 0. The third-order valence-corrected chi connectivity index (χ3v) is 6.05. The van der Waals surface area contributed by atoms with Crippen molar-refractivity contribution in [3.63, 3.8) is 0 Å². The summed E-state index contributed by atoms with van der Waals surface area (Å²) in [5, 5.41) is 0. The molecule has 0 aliphatic rings. The summed E-state index contributed by atoms with van der Waals surface area (Å²) in [6, 6.07) is 39.6. The van der Waals surface area contributed by atoms with Crippen LogP contribution in [0.4, 0.5) is 11.4 Å². The molecule has 0 fully saturated rings. The van der Waals surface area contributed by atoms with Crippen LogP contribution in [0, 0.1) is 0 Å². The summed E-state index contributed by atoms with van der Waals surface area (Å²) in [6.45, 7) is 0. The molecule has 0 heterocycles. The summed E-state index contributed by atoms with van der Waals surface area (Å²) in [5.41, 5.74) is 7.02. The highest BCUT2D eigenvalue weighted by Gasteiger charge is 2.38. The normalized spacial score (nSPS) is 11.2. The van der Waals surface area contributed by atoms with Crippen molar-refractivity contribution in [3.8, 4) is 0 Å². The first-order chi connectivity index (χ1) is 15.0. The molecule has 0 saturated heterocycles. The predicted octanol–water partition coefficient (Wildman–Crippen LogP) is 6.20. The molecule has 0 saturated carbocycles. The second-order valence-electron chi connectivity index (χ2n) is 8.36. The Morgan fingerprint density at radius 1 is 0.387 bits per heavy atom. The molecule has 0 amide bonds. The van der Waals surface area contributed by atoms with E-state index in [0.717, 1.165) is 0 Å². The van der Waals surface area contributed by atoms with E-state index in [9.17, 15) is 0 Å². The van der Waals surface area contributed by atoms with Gasteiger partial charge >= 0.3 is 0 Å². The van der Waals surface area contributed by atoms with Gasteiger partial charge in [0.15, 0.2) is 0 Å². The van der Waals surface area contributed by atoms with Crippen molar-refractivity contribution < 1.29 is 0 Å². The molecule has 156 valence electrons. The van der Waals surface area contributed by atoms with Gasteiger partial charge in [-0.05, 0) is 46.5 Å². The Balaban J connectivity index is 2.04. The molecule has 0 unspecified atom stereocenters. The van der Waals surface area contributed by atoms with E-state index in [1.54, 1.807) is 0 Å². The van der Waals surface area contributed by atoms with Gasteiger partial charge in [0, 0.05) is 39.6 Å². The van der Waals surface area contributed by atoms with Crippen LogP contribution in [0.5, 0.6) is 0 Å². The van der Waals surface area contributed by atoms with Crippen molar-refractivity contribution in [2.24, 2.45) is 0 Å². The van der Waals surface area contributed by atoms with E-state index >= 15 is 0 Å². The molecule has 4 aromatic carbocycles. The van der Waals surface area contributed by atoms with Crippen LogP contribution >= 0.6 is 0 Å². The summed E-state index contributed by atoms with van der Waals surface area (Å²) < 4.78 is 0. The van der Waals surface area contributed by atoms with Crippen molar-refractivity contribution >= 4 is 11.4 Å². The SMILES string of the molecule is CN(C)c1ccc(C(c2ccccc2)(c2ccccc2)c2ccc(N(C)C)cc2)cc1. The maximum Gasteiger partial charge on any atom is 0.0701 e. The minimum atomic E-state index is -0.405. The lowest BCUT2D eigenvalue weighted by Gasteiger charge is -2.37. The summed E-state index contributed by atoms with van der Waals surface area (Å²) in [7, 11) is 8.32.